The van der Waals surface area contributed by atoms with Gasteiger partial charge in [-0.05, 0) is 36.4 Å². The van der Waals surface area contributed by atoms with Crippen LogP contribution in [0, 0.1) is 0 Å². The van der Waals surface area contributed by atoms with E-state index in [0.29, 0.717) is 16.3 Å². The largest absolute Gasteiger partial charge is 0.478 e. The number of nitrogens with one attached hydrogen (secondary N) is 1. The minimum Gasteiger partial charge on any atom is -0.478 e. The fourth-order valence-electron chi connectivity index (χ4n) is 1.93. The van der Waals surface area contributed by atoms with E-state index in [4.69, 9.17) is 16.7 Å². The maximum Gasteiger partial charge on any atom is 0.335 e. The van der Waals surface area contributed by atoms with Crippen LogP contribution in [0.15, 0.2) is 46.2 Å². The normalized spacial score (nSPS) is 12.9. The maximum absolute atomic E-state index is 12.2. The Morgan fingerprint density at radius 2 is 1.90 bits per heavy atom. The van der Waals surface area contributed by atoms with E-state index in [1.54, 1.807) is 24.3 Å². The van der Waals surface area contributed by atoms with E-state index in [-0.39, 0.29) is 11.5 Å². The molecule has 1 aliphatic rings. The first kappa shape index (κ1) is 13.0. The van der Waals surface area contributed by atoms with Crippen molar-refractivity contribution < 1.29 is 14.7 Å². The highest BCUT2D eigenvalue weighted by Gasteiger charge is 2.21. The lowest BCUT2D eigenvalue weighted by Gasteiger charge is -2.06. The minimum atomic E-state index is -1.03. The standard InChI is InChI=1S/C14H8ClNO3S/c15-8-2-4-11-9(6-8)13(17)16-10-5-7(14(18)19)1-3-12(10)20-11/h1-6H,(H,16,17)(H,18,19). The molecule has 0 unspecified atom stereocenters. The van der Waals surface area contributed by atoms with Crippen molar-refractivity contribution in [1.29, 1.82) is 0 Å². The van der Waals surface area contributed by atoms with Crippen LogP contribution in [-0.4, -0.2) is 17.0 Å². The van der Waals surface area contributed by atoms with Gasteiger partial charge in [0.15, 0.2) is 0 Å². The summed E-state index contributed by atoms with van der Waals surface area (Å²) in [4.78, 5) is 24.7. The number of benzene rings is 2. The predicted octanol–water partition coefficient (Wildman–Crippen LogP) is 3.76. The zero-order valence-corrected chi connectivity index (χ0v) is 11.6. The van der Waals surface area contributed by atoms with Crippen LogP contribution in [0.4, 0.5) is 5.69 Å². The molecule has 0 atom stereocenters. The quantitative estimate of drug-likeness (QED) is 0.842. The van der Waals surface area contributed by atoms with Gasteiger partial charge in [-0.1, -0.05) is 23.4 Å². The second-order valence-corrected chi connectivity index (χ2v) is 5.73. The average Bonchev–Trinajstić information content (AvgIpc) is 2.54. The van der Waals surface area contributed by atoms with Gasteiger partial charge in [0.2, 0.25) is 0 Å². The van der Waals surface area contributed by atoms with Gasteiger partial charge < -0.3 is 10.4 Å². The van der Waals surface area contributed by atoms with Crippen LogP contribution >= 0.6 is 23.4 Å². The molecule has 4 nitrogen and oxygen atoms in total. The summed E-state index contributed by atoms with van der Waals surface area (Å²) < 4.78 is 0. The summed E-state index contributed by atoms with van der Waals surface area (Å²) in [5.41, 5.74) is 1.11. The molecule has 0 saturated heterocycles. The number of hydrogen-bond acceptors (Lipinski definition) is 3. The van der Waals surface area contributed by atoms with E-state index in [9.17, 15) is 9.59 Å². The third kappa shape index (κ3) is 2.26. The Bertz CT molecular complexity index is 745. The molecule has 1 aliphatic heterocycles. The van der Waals surface area contributed by atoms with Crippen LogP contribution in [0.2, 0.25) is 5.02 Å². The molecule has 0 aromatic heterocycles. The molecule has 0 fully saturated rings. The van der Waals surface area contributed by atoms with Crippen LogP contribution < -0.4 is 5.32 Å². The van der Waals surface area contributed by atoms with Crippen molar-refractivity contribution in [3.05, 3.63) is 52.5 Å². The molecule has 100 valence electrons. The van der Waals surface area contributed by atoms with Crippen molar-refractivity contribution in [3.63, 3.8) is 0 Å². The summed E-state index contributed by atoms with van der Waals surface area (Å²) in [7, 11) is 0. The van der Waals surface area contributed by atoms with Crippen molar-refractivity contribution >= 4 is 40.9 Å². The van der Waals surface area contributed by atoms with Gasteiger partial charge in [0.25, 0.3) is 5.91 Å². The fraction of sp³-hybridized carbons (Fsp3) is 0. The van der Waals surface area contributed by atoms with Crippen molar-refractivity contribution in [2.45, 2.75) is 9.79 Å². The Labute approximate surface area is 123 Å². The van der Waals surface area contributed by atoms with Gasteiger partial charge in [-0.25, -0.2) is 4.79 Å². The first-order valence-corrected chi connectivity index (χ1v) is 6.90. The number of amides is 1. The number of fused-ring (bicyclic) bond motifs is 2. The lowest BCUT2D eigenvalue weighted by atomic mass is 10.2. The summed E-state index contributed by atoms with van der Waals surface area (Å²) in [6.07, 6.45) is 0. The number of anilines is 1. The summed E-state index contributed by atoms with van der Waals surface area (Å²) in [6.45, 7) is 0. The van der Waals surface area contributed by atoms with Crippen LogP contribution in [0.25, 0.3) is 0 Å². The summed E-state index contributed by atoms with van der Waals surface area (Å²) in [5, 5.41) is 12.2. The molecule has 2 aromatic rings. The molecule has 2 aromatic carbocycles. The second-order valence-electron chi connectivity index (χ2n) is 4.21. The third-order valence-electron chi connectivity index (χ3n) is 2.88. The Kier molecular flexibility index (Phi) is 3.16. The van der Waals surface area contributed by atoms with Crippen LogP contribution in [-0.2, 0) is 0 Å². The molecule has 0 bridgehead atoms. The lowest BCUT2D eigenvalue weighted by Crippen LogP contribution is -2.12. The Balaban J connectivity index is 2.11. The van der Waals surface area contributed by atoms with E-state index in [1.807, 2.05) is 0 Å². The van der Waals surface area contributed by atoms with E-state index in [1.165, 1.54) is 23.9 Å². The summed E-state index contributed by atoms with van der Waals surface area (Å²) >= 11 is 7.31. The summed E-state index contributed by atoms with van der Waals surface area (Å²) in [5.74, 6) is -1.33. The zero-order valence-electron chi connectivity index (χ0n) is 10.0. The molecule has 0 radical (unpaired) electrons. The van der Waals surface area contributed by atoms with Crippen molar-refractivity contribution in [2.24, 2.45) is 0 Å². The van der Waals surface area contributed by atoms with E-state index < -0.39 is 5.97 Å². The first-order chi connectivity index (χ1) is 9.54. The van der Waals surface area contributed by atoms with Gasteiger partial charge >= 0.3 is 5.97 Å². The molecule has 0 saturated carbocycles. The Morgan fingerprint density at radius 1 is 1.15 bits per heavy atom. The van der Waals surface area contributed by atoms with Gasteiger partial charge in [0.1, 0.15) is 0 Å². The van der Waals surface area contributed by atoms with Crippen molar-refractivity contribution in [1.82, 2.24) is 0 Å². The van der Waals surface area contributed by atoms with Gasteiger partial charge in [-0.3, -0.25) is 4.79 Å². The van der Waals surface area contributed by atoms with Crippen molar-refractivity contribution in [2.75, 3.05) is 5.32 Å². The highest BCUT2D eigenvalue weighted by molar-refractivity contribution is 7.99. The van der Waals surface area contributed by atoms with E-state index >= 15 is 0 Å². The van der Waals surface area contributed by atoms with Crippen LogP contribution in [0.1, 0.15) is 20.7 Å². The molecule has 0 aliphatic carbocycles. The van der Waals surface area contributed by atoms with E-state index in [0.717, 1.165) is 9.79 Å². The molecule has 6 heteroatoms. The van der Waals surface area contributed by atoms with Crippen LogP contribution in [0.3, 0.4) is 0 Å². The first-order valence-electron chi connectivity index (χ1n) is 5.71. The number of aromatic carboxylic acids is 1. The number of carbonyl (C=O) groups excluding carboxylic acids is 1. The lowest BCUT2D eigenvalue weighted by molar-refractivity contribution is 0.0696. The third-order valence-corrected chi connectivity index (χ3v) is 4.27. The number of carboxylic acids is 1. The molecular weight excluding hydrogens is 298 g/mol. The zero-order chi connectivity index (χ0) is 14.3. The fourth-order valence-corrected chi connectivity index (χ4v) is 3.09. The van der Waals surface area contributed by atoms with Gasteiger partial charge in [0, 0.05) is 14.8 Å². The average molecular weight is 306 g/mol. The number of carboxylic acid groups (broad SMARTS) is 1. The molecule has 3 rings (SSSR count). The van der Waals surface area contributed by atoms with Crippen molar-refractivity contribution in [3.8, 4) is 0 Å². The van der Waals surface area contributed by atoms with Gasteiger partial charge in [-0.15, -0.1) is 0 Å². The monoisotopic (exact) mass is 305 g/mol. The smallest absolute Gasteiger partial charge is 0.335 e. The Morgan fingerprint density at radius 3 is 2.65 bits per heavy atom. The highest BCUT2D eigenvalue weighted by atomic mass is 35.5. The molecular formula is C14H8ClNO3S. The Hall–Kier alpha value is -1.98. The topological polar surface area (TPSA) is 66.4 Å². The van der Waals surface area contributed by atoms with Gasteiger partial charge in [-0.2, -0.15) is 0 Å². The number of hydrogen-bond donors (Lipinski definition) is 2. The maximum atomic E-state index is 12.2. The molecule has 1 amide bonds. The molecule has 0 spiro atoms. The molecule has 2 N–H and O–H groups in total. The molecule has 1 heterocycles. The van der Waals surface area contributed by atoms with E-state index in [2.05, 4.69) is 5.32 Å². The van der Waals surface area contributed by atoms with Gasteiger partial charge in [0.05, 0.1) is 16.8 Å². The SMILES string of the molecule is O=C(O)c1ccc2c(c1)NC(=O)c1cc(Cl)ccc1S2. The number of halogens is 1. The summed E-state index contributed by atoms with van der Waals surface area (Å²) in [6, 6.07) is 9.76. The minimum absolute atomic E-state index is 0.133. The van der Waals surface area contributed by atoms with Crippen LogP contribution in [0.5, 0.6) is 0 Å². The highest BCUT2D eigenvalue weighted by Crippen LogP contribution is 2.39. The number of carbonyl (C=O) groups is 2. The molecule has 20 heavy (non-hydrogen) atoms. The number of rotatable bonds is 1. The second kappa shape index (κ2) is 4.85. The predicted molar refractivity (Wildman–Crippen MR) is 76.9 cm³/mol.